The Morgan fingerprint density at radius 2 is 1.78 bits per heavy atom. The fraction of sp³-hybridized carbons (Fsp3) is 0.0526. The number of furan rings is 1. The number of anilines is 3. The zero-order valence-corrected chi connectivity index (χ0v) is 14.4. The Bertz CT molecular complexity index is 1050. The van der Waals surface area contributed by atoms with Crippen LogP contribution in [-0.4, -0.2) is 26.1 Å². The van der Waals surface area contributed by atoms with E-state index in [9.17, 15) is 4.79 Å². The van der Waals surface area contributed by atoms with E-state index in [1.54, 1.807) is 36.7 Å². The normalized spacial score (nSPS) is 10.6. The standard InChI is InChI=1S/C19H16N6O2/c1-12-3-8-17(27-12)15-11-16(25-24-15)18(26)22-13-4-6-14(7-5-13)23-19-20-9-2-10-21-19/h2-11H,1H3,(H,22,26)(H,24,25)(H,20,21,23). The zero-order chi connectivity index (χ0) is 18.6. The molecular weight excluding hydrogens is 344 g/mol. The molecule has 1 amide bonds. The minimum absolute atomic E-state index is 0.277. The number of H-pyrrole nitrogens is 1. The third-order valence-corrected chi connectivity index (χ3v) is 3.78. The van der Waals surface area contributed by atoms with Crippen molar-refractivity contribution in [3.63, 3.8) is 0 Å². The first-order chi connectivity index (χ1) is 13.2. The highest BCUT2D eigenvalue weighted by molar-refractivity contribution is 6.03. The first-order valence-electron chi connectivity index (χ1n) is 8.25. The highest BCUT2D eigenvalue weighted by atomic mass is 16.3. The third kappa shape index (κ3) is 3.84. The van der Waals surface area contributed by atoms with Gasteiger partial charge in [0.25, 0.3) is 5.91 Å². The van der Waals surface area contributed by atoms with Gasteiger partial charge in [-0.25, -0.2) is 9.97 Å². The Kier molecular flexibility index (Phi) is 4.36. The molecule has 0 aliphatic heterocycles. The van der Waals surface area contributed by atoms with E-state index >= 15 is 0 Å². The molecule has 3 aromatic heterocycles. The molecule has 3 heterocycles. The van der Waals surface area contributed by atoms with Crippen LogP contribution in [0.2, 0.25) is 0 Å². The molecule has 0 spiro atoms. The lowest BCUT2D eigenvalue weighted by molar-refractivity contribution is 0.102. The number of aromatic nitrogens is 4. The van der Waals surface area contributed by atoms with E-state index in [1.165, 1.54) is 0 Å². The summed E-state index contributed by atoms with van der Waals surface area (Å²) in [7, 11) is 0. The molecule has 3 N–H and O–H groups in total. The van der Waals surface area contributed by atoms with Gasteiger partial charge in [-0.1, -0.05) is 0 Å². The molecule has 27 heavy (non-hydrogen) atoms. The average molecular weight is 360 g/mol. The SMILES string of the molecule is Cc1ccc(-c2cc(C(=O)Nc3ccc(Nc4ncccn4)cc3)n[nH]2)o1. The molecule has 0 bridgehead atoms. The molecule has 4 aromatic rings. The second kappa shape index (κ2) is 7.12. The largest absolute Gasteiger partial charge is 0.460 e. The number of hydrogen-bond acceptors (Lipinski definition) is 6. The molecule has 0 saturated carbocycles. The number of carbonyl (C=O) groups is 1. The van der Waals surface area contributed by atoms with Crippen LogP contribution in [0.1, 0.15) is 16.2 Å². The molecule has 8 nitrogen and oxygen atoms in total. The van der Waals surface area contributed by atoms with Crippen LogP contribution in [0, 0.1) is 6.92 Å². The summed E-state index contributed by atoms with van der Waals surface area (Å²) in [4.78, 5) is 20.6. The summed E-state index contributed by atoms with van der Waals surface area (Å²) in [5.41, 5.74) is 2.39. The average Bonchev–Trinajstić information content (AvgIpc) is 3.33. The van der Waals surface area contributed by atoms with E-state index in [0.29, 0.717) is 23.1 Å². The number of benzene rings is 1. The van der Waals surface area contributed by atoms with Crippen molar-refractivity contribution in [1.29, 1.82) is 0 Å². The van der Waals surface area contributed by atoms with Crippen LogP contribution in [-0.2, 0) is 0 Å². The maximum Gasteiger partial charge on any atom is 0.276 e. The molecular formula is C19H16N6O2. The molecule has 0 aliphatic rings. The van der Waals surface area contributed by atoms with E-state index in [0.717, 1.165) is 11.4 Å². The fourth-order valence-corrected chi connectivity index (χ4v) is 2.47. The molecule has 8 heteroatoms. The van der Waals surface area contributed by atoms with Crippen molar-refractivity contribution in [3.8, 4) is 11.5 Å². The Morgan fingerprint density at radius 3 is 2.48 bits per heavy atom. The number of amides is 1. The predicted octanol–water partition coefficient (Wildman–Crippen LogP) is 3.76. The van der Waals surface area contributed by atoms with Gasteiger partial charge in [0.15, 0.2) is 11.5 Å². The Morgan fingerprint density at radius 1 is 1.04 bits per heavy atom. The monoisotopic (exact) mass is 360 g/mol. The van der Waals surface area contributed by atoms with Crippen LogP contribution >= 0.6 is 0 Å². The number of nitrogens with one attached hydrogen (secondary N) is 3. The van der Waals surface area contributed by atoms with Crippen LogP contribution in [0.25, 0.3) is 11.5 Å². The lowest BCUT2D eigenvalue weighted by Crippen LogP contribution is -2.12. The lowest BCUT2D eigenvalue weighted by atomic mass is 10.2. The molecule has 1 aromatic carbocycles. The van der Waals surface area contributed by atoms with Gasteiger partial charge in [0.05, 0.1) is 0 Å². The van der Waals surface area contributed by atoms with Crippen molar-refractivity contribution in [1.82, 2.24) is 20.2 Å². The summed E-state index contributed by atoms with van der Waals surface area (Å²) in [5, 5.41) is 12.7. The molecule has 0 radical (unpaired) electrons. The zero-order valence-electron chi connectivity index (χ0n) is 14.4. The number of rotatable bonds is 5. The number of hydrogen-bond donors (Lipinski definition) is 3. The quantitative estimate of drug-likeness (QED) is 0.500. The van der Waals surface area contributed by atoms with Crippen LogP contribution in [0.5, 0.6) is 0 Å². The molecule has 0 unspecified atom stereocenters. The first-order valence-corrected chi connectivity index (χ1v) is 8.25. The molecule has 0 atom stereocenters. The van der Waals surface area contributed by atoms with E-state index in [2.05, 4.69) is 30.8 Å². The molecule has 4 rings (SSSR count). The predicted molar refractivity (Wildman–Crippen MR) is 101 cm³/mol. The van der Waals surface area contributed by atoms with Crippen molar-refractivity contribution in [2.75, 3.05) is 10.6 Å². The van der Waals surface area contributed by atoms with Crippen molar-refractivity contribution >= 4 is 23.2 Å². The van der Waals surface area contributed by atoms with Crippen LogP contribution in [0.15, 0.2) is 65.3 Å². The molecule has 0 saturated heterocycles. The Hall–Kier alpha value is -3.94. The van der Waals surface area contributed by atoms with Crippen LogP contribution < -0.4 is 10.6 Å². The highest BCUT2D eigenvalue weighted by Crippen LogP contribution is 2.21. The number of nitrogens with zero attached hydrogens (tertiary/aromatic N) is 3. The maximum absolute atomic E-state index is 12.4. The van der Waals surface area contributed by atoms with Gasteiger partial charge in [-0.15, -0.1) is 0 Å². The van der Waals surface area contributed by atoms with Gasteiger partial charge in [-0.05, 0) is 49.4 Å². The van der Waals surface area contributed by atoms with Crippen LogP contribution in [0.3, 0.4) is 0 Å². The Labute approximate surface area is 154 Å². The summed E-state index contributed by atoms with van der Waals surface area (Å²) >= 11 is 0. The van der Waals surface area contributed by atoms with E-state index in [-0.39, 0.29) is 11.6 Å². The summed E-state index contributed by atoms with van der Waals surface area (Å²) < 4.78 is 5.52. The fourth-order valence-electron chi connectivity index (χ4n) is 2.47. The summed E-state index contributed by atoms with van der Waals surface area (Å²) in [5.74, 6) is 1.62. The first kappa shape index (κ1) is 16.5. The molecule has 134 valence electrons. The van der Waals surface area contributed by atoms with Gasteiger partial charge in [0.2, 0.25) is 5.95 Å². The van der Waals surface area contributed by atoms with E-state index in [1.807, 2.05) is 31.2 Å². The van der Waals surface area contributed by atoms with Gasteiger partial charge in [-0.2, -0.15) is 5.10 Å². The van der Waals surface area contributed by atoms with E-state index < -0.39 is 0 Å². The van der Waals surface area contributed by atoms with Crippen molar-refractivity contribution in [2.24, 2.45) is 0 Å². The van der Waals surface area contributed by atoms with Crippen LogP contribution in [0.4, 0.5) is 17.3 Å². The number of aromatic amines is 1. The summed E-state index contributed by atoms with van der Waals surface area (Å²) in [6.45, 7) is 1.86. The second-order valence-electron chi connectivity index (χ2n) is 5.81. The minimum atomic E-state index is -0.312. The highest BCUT2D eigenvalue weighted by Gasteiger charge is 2.13. The third-order valence-electron chi connectivity index (χ3n) is 3.78. The van der Waals surface area contributed by atoms with Gasteiger partial charge in [-0.3, -0.25) is 9.89 Å². The van der Waals surface area contributed by atoms with Gasteiger partial charge < -0.3 is 15.1 Å². The topological polar surface area (TPSA) is 109 Å². The Balaban J connectivity index is 1.41. The van der Waals surface area contributed by atoms with Crippen molar-refractivity contribution < 1.29 is 9.21 Å². The smallest absolute Gasteiger partial charge is 0.276 e. The molecule has 0 aliphatic carbocycles. The minimum Gasteiger partial charge on any atom is -0.460 e. The maximum atomic E-state index is 12.4. The second-order valence-corrected chi connectivity index (χ2v) is 5.81. The lowest BCUT2D eigenvalue weighted by Gasteiger charge is -2.06. The van der Waals surface area contributed by atoms with Crippen molar-refractivity contribution in [3.05, 3.63) is 72.4 Å². The summed E-state index contributed by atoms with van der Waals surface area (Å²) in [6.07, 6.45) is 3.32. The number of aryl methyl sites for hydroxylation is 1. The number of carbonyl (C=O) groups excluding carboxylic acids is 1. The van der Waals surface area contributed by atoms with Crippen molar-refractivity contribution in [2.45, 2.75) is 6.92 Å². The van der Waals surface area contributed by atoms with Gasteiger partial charge in [0.1, 0.15) is 11.5 Å². The van der Waals surface area contributed by atoms with Gasteiger partial charge >= 0.3 is 0 Å². The van der Waals surface area contributed by atoms with Gasteiger partial charge in [0, 0.05) is 29.8 Å². The summed E-state index contributed by atoms with van der Waals surface area (Å²) in [6, 6.07) is 14.3. The van der Waals surface area contributed by atoms with E-state index in [4.69, 9.17) is 4.42 Å². The molecule has 0 fully saturated rings.